The first-order valence-corrected chi connectivity index (χ1v) is 8.10. The Morgan fingerprint density at radius 1 is 1.00 bits per heavy atom. The molecule has 0 aliphatic carbocycles. The van der Waals surface area contributed by atoms with E-state index in [2.05, 4.69) is 37.4 Å². The Kier molecular flexibility index (Phi) is 6.10. The molecule has 0 saturated carbocycles. The fourth-order valence-electron chi connectivity index (χ4n) is 2.56. The van der Waals surface area contributed by atoms with Crippen LogP contribution in [0.15, 0.2) is 48.5 Å². The lowest BCUT2D eigenvalue weighted by atomic mass is 10.0. The molecule has 2 aromatic rings. The standard InChI is InChI=1S/C18H21Cl2N/c1-3-18(15-7-9-16(19)10-8-15)21-13(2)11-14-5-4-6-17(20)12-14/h4-10,12-13,18,21H,3,11H2,1-2H3. The van der Waals surface area contributed by atoms with Crippen LogP contribution < -0.4 is 5.32 Å². The zero-order valence-electron chi connectivity index (χ0n) is 12.4. The lowest BCUT2D eigenvalue weighted by molar-refractivity contribution is 0.443. The van der Waals surface area contributed by atoms with Crippen molar-refractivity contribution >= 4 is 23.2 Å². The van der Waals surface area contributed by atoms with E-state index in [0.29, 0.717) is 12.1 Å². The van der Waals surface area contributed by atoms with Crippen LogP contribution in [0.1, 0.15) is 37.4 Å². The van der Waals surface area contributed by atoms with Crippen molar-refractivity contribution in [2.24, 2.45) is 0 Å². The van der Waals surface area contributed by atoms with E-state index >= 15 is 0 Å². The first-order valence-electron chi connectivity index (χ1n) is 7.34. The largest absolute Gasteiger partial charge is 0.307 e. The van der Waals surface area contributed by atoms with Gasteiger partial charge in [0.1, 0.15) is 0 Å². The second kappa shape index (κ2) is 7.84. The molecule has 2 atom stereocenters. The topological polar surface area (TPSA) is 12.0 Å². The van der Waals surface area contributed by atoms with Crippen molar-refractivity contribution in [3.8, 4) is 0 Å². The van der Waals surface area contributed by atoms with Crippen LogP contribution in [0.2, 0.25) is 10.0 Å². The van der Waals surface area contributed by atoms with Gasteiger partial charge in [-0.25, -0.2) is 0 Å². The van der Waals surface area contributed by atoms with Gasteiger partial charge in [-0.1, -0.05) is 54.4 Å². The molecule has 3 heteroatoms. The molecule has 0 fully saturated rings. The van der Waals surface area contributed by atoms with E-state index in [1.807, 2.05) is 30.3 Å². The number of halogens is 2. The minimum Gasteiger partial charge on any atom is -0.307 e. The van der Waals surface area contributed by atoms with E-state index in [1.165, 1.54) is 11.1 Å². The molecule has 2 aromatic carbocycles. The number of nitrogens with one attached hydrogen (secondary N) is 1. The van der Waals surface area contributed by atoms with Gasteiger partial charge >= 0.3 is 0 Å². The summed E-state index contributed by atoms with van der Waals surface area (Å²) in [5.74, 6) is 0. The highest BCUT2D eigenvalue weighted by Gasteiger charge is 2.13. The second-order valence-corrected chi connectivity index (χ2v) is 6.29. The first-order chi connectivity index (χ1) is 10.1. The van der Waals surface area contributed by atoms with Gasteiger partial charge < -0.3 is 5.32 Å². The van der Waals surface area contributed by atoms with Gasteiger partial charge in [0.2, 0.25) is 0 Å². The molecule has 0 saturated heterocycles. The fourth-order valence-corrected chi connectivity index (χ4v) is 2.90. The minimum absolute atomic E-state index is 0.344. The third kappa shape index (κ3) is 5.03. The lowest BCUT2D eigenvalue weighted by Gasteiger charge is -2.23. The molecule has 112 valence electrons. The van der Waals surface area contributed by atoms with Crippen molar-refractivity contribution in [2.45, 2.75) is 38.8 Å². The number of hydrogen-bond donors (Lipinski definition) is 1. The smallest absolute Gasteiger partial charge is 0.0408 e. The first kappa shape index (κ1) is 16.4. The molecule has 0 bridgehead atoms. The highest BCUT2D eigenvalue weighted by atomic mass is 35.5. The molecule has 0 aliphatic heterocycles. The molecule has 0 spiro atoms. The molecule has 2 rings (SSSR count). The Morgan fingerprint density at radius 3 is 2.33 bits per heavy atom. The molecule has 0 heterocycles. The summed E-state index contributed by atoms with van der Waals surface area (Å²) in [6, 6.07) is 16.9. The van der Waals surface area contributed by atoms with Crippen molar-refractivity contribution in [3.63, 3.8) is 0 Å². The van der Waals surface area contributed by atoms with E-state index in [4.69, 9.17) is 23.2 Å². The van der Waals surface area contributed by atoms with E-state index < -0.39 is 0 Å². The van der Waals surface area contributed by atoms with Crippen LogP contribution in [-0.2, 0) is 6.42 Å². The summed E-state index contributed by atoms with van der Waals surface area (Å²) in [4.78, 5) is 0. The summed E-state index contributed by atoms with van der Waals surface area (Å²) in [5, 5.41) is 5.26. The van der Waals surface area contributed by atoms with Gasteiger partial charge in [0.05, 0.1) is 0 Å². The zero-order valence-corrected chi connectivity index (χ0v) is 14.0. The maximum absolute atomic E-state index is 6.04. The van der Waals surface area contributed by atoms with Crippen molar-refractivity contribution in [1.29, 1.82) is 0 Å². The summed E-state index contributed by atoms with van der Waals surface area (Å²) in [6.07, 6.45) is 2.01. The maximum atomic E-state index is 6.04. The Balaban J connectivity index is 1.99. The van der Waals surface area contributed by atoms with Gasteiger partial charge in [-0.2, -0.15) is 0 Å². The average Bonchev–Trinajstić information content (AvgIpc) is 2.46. The summed E-state index contributed by atoms with van der Waals surface area (Å²) >= 11 is 12.0. The molecule has 0 aliphatic rings. The highest BCUT2D eigenvalue weighted by molar-refractivity contribution is 6.30. The van der Waals surface area contributed by atoms with E-state index in [1.54, 1.807) is 0 Å². The molecule has 2 unspecified atom stereocenters. The summed E-state index contributed by atoms with van der Waals surface area (Å²) in [7, 11) is 0. The normalized spacial score (nSPS) is 13.9. The number of hydrogen-bond acceptors (Lipinski definition) is 1. The third-order valence-corrected chi connectivity index (χ3v) is 4.08. The summed E-state index contributed by atoms with van der Waals surface area (Å²) in [6.45, 7) is 4.40. The molecule has 0 amide bonds. The summed E-state index contributed by atoms with van der Waals surface area (Å²) < 4.78 is 0. The van der Waals surface area contributed by atoms with Gasteiger partial charge in [-0.05, 0) is 55.2 Å². The van der Waals surface area contributed by atoms with Crippen LogP contribution in [0.5, 0.6) is 0 Å². The Bertz CT molecular complexity index is 566. The molecule has 21 heavy (non-hydrogen) atoms. The van der Waals surface area contributed by atoms with Crippen molar-refractivity contribution in [1.82, 2.24) is 5.32 Å². The molecule has 0 aromatic heterocycles. The predicted octanol–water partition coefficient (Wildman–Crippen LogP) is 5.67. The van der Waals surface area contributed by atoms with Gasteiger partial charge in [-0.3, -0.25) is 0 Å². The van der Waals surface area contributed by atoms with Crippen LogP contribution in [0.4, 0.5) is 0 Å². The quantitative estimate of drug-likeness (QED) is 0.723. The fraction of sp³-hybridized carbons (Fsp3) is 0.333. The highest BCUT2D eigenvalue weighted by Crippen LogP contribution is 2.20. The van der Waals surface area contributed by atoms with Crippen LogP contribution in [-0.4, -0.2) is 6.04 Å². The summed E-state index contributed by atoms with van der Waals surface area (Å²) in [5.41, 5.74) is 2.54. The lowest BCUT2D eigenvalue weighted by Crippen LogP contribution is -2.31. The monoisotopic (exact) mass is 321 g/mol. The third-order valence-electron chi connectivity index (χ3n) is 3.60. The number of benzene rings is 2. The molecule has 1 N–H and O–H groups in total. The zero-order chi connectivity index (χ0) is 15.2. The van der Waals surface area contributed by atoms with E-state index in [9.17, 15) is 0 Å². The van der Waals surface area contributed by atoms with Crippen molar-refractivity contribution in [3.05, 3.63) is 69.7 Å². The van der Waals surface area contributed by atoms with Crippen molar-refractivity contribution < 1.29 is 0 Å². The molecular weight excluding hydrogens is 301 g/mol. The SMILES string of the molecule is CCC(NC(C)Cc1cccc(Cl)c1)c1ccc(Cl)cc1. The maximum Gasteiger partial charge on any atom is 0.0408 e. The van der Waals surface area contributed by atoms with Crippen LogP contribution in [0, 0.1) is 0 Å². The van der Waals surface area contributed by atoms with Gasteiger partial charge in [-0.15, -0.1) is 0 Å². The molecule has 0 radical (unpaired) electrons. The van der Waals surface area contributed by atoms with Gasteiger partial charge in [0.15, 0.2) is 0 Å². The van der Waals surface area contributed by atoms with Gasteiger partial charge in [0, 0.05) is 22.1 Å². The van der Waals surface area contributed by atoms with Crippen LogP contribution in [0.3, 0.4) is 0 Å². The minimum atomic E-state index is 0.344. The Hall–Kier alpha value is -1.02. The second-order valence-electron chi connectivity index (χ2n) is 5.41. The van der Waals surface area contributed by atoms with Gasteiger partial charge in [0.25, 0.3) is 0 Å². The molecule has 1 nitrogen and oxygen atoms in total. The molecular formula is C18H21Cl2N. The Morgan fingerprint density at radius 2 is 1.71 bits per heavy atom. The van der Waals surface area contributed by atoms with E-state index in [-0.39, 0.29) is 0 Å². The number of rotatable bonds is 6. The van der Waals surface area contributed by atoms with Crippen LogP contribution >= 0.6 is 23.2 Å². The van der Waals surface area contributed by atoms with E-state index in [0.717, 1.165) is 22.9 Å². The Labute approximate surface area is 137 Å². The van der Waals surface area contributed by atoms with Crippen molar-refractivity contribution in [2.75, 3.05) is 0 Å². The predicted molar refractivity (Wildman–Crippen MR) is 92.2 cm³/mol. The average molecular weight is 322 g/mol. The van der Waals surface area contributed by atoms with Crippen LogP contribution in [0.25, 0.3) is 0 Å².